The molecule has 6 rings (SSSR count). The average Bonchev–Trinajstić information content (AvgIpc) is 3.33. The van der Waals surface area contributed by atoms with Crippen LogP contribution >= 0.6 is 0 Å². The van der Waals surface area contributed by atoms with E-state index in [-0.39, 0.29) is 35.9 Å². The summed E-state index contributed by atoms with van der Waals surface area (Å²) in [6, 6.07) is 17.4. The number of nitrogens with zero attached hydrogens (tertiary/aromatic N) is 4. The molecule has 40 heavy (non-hydrogen) atoms. The molecule has 202 valence electrons. The van der Waals surface area contributed by atoms with E-state index in [2.05, 4.69) is 36.1 Å². The van der Waals surface area contributed by atoms with Crippen molar-refractivity contribution in [1.82, 2.24) is 15.2 Å². The lowest BCUT2D eigenvalue weighted by Gasteiger charge is -2.21. The van der Waals surface area contributed by atoms with Crippen molar-refractivity contribution >= 4 is 29.0 Å². The second-order valence-electron chi connectivity index (χ2n) is 8.84. The number of halogens is 3. The molecule has 0 fully saturated rings. The van der Waals surface area contributed by atoms with Crippen LogP contribution in [0.15, 0.2) is 88.6 Å². The van der Waals surface area contributed by atoms with Crippen LogP contribution < -0.4 is 16.0 Å². The number of nitrogens with one attached hydrogen (secondary N) is 3. The minimum atomic E-state index is -4.60. The third-order valence-electron chi connectivity index (χ3n) is 6.14. The smallest absolute Gasteiger partial charge is 0.417 e. The van der Waals surface area contributed by atoms with Gasteiger partial charge in [0.25, 0.3) is 11.8 Å². The Kier molecular flexibility index (Phi) is 6.38. The number of fused-ring (bicyclic) bond motifs is 1. The highest BCUT2D eigenvalue weighted by molar-refractivity contribution is 6.19. The molecule has 2 aliphatic heterocycles. The number of benzene rings is 2. The van der Waals surface area contributed by atoms with Crippen molar-refractivity contribution in [3.05, 3.63) is 95.9 Å². The Balaban J connectivity index is 1.30. The van der Waals surface area contributed by atoms with Gasteiger partial charge in [0.15, 0.2) is 5.69 Å². The van der Waals surface area contributed by atoms with E-state index in [1.165, 1.54) is 6.26 Å². The number of alkyl halides is 3. The Morgan fingerprint density at radius 2 is 1.80 bits per heavy atom. The summed E-state index contributed by atoms with van der Waals surface area (Å²) in [7, 11) is 0. The largest absolute Gasteiger partial charge is 0.492 e. The molecule has 0 aliphatic carbocycles. The minimum absolute atomic E-state index is 0.00283. The molecule has 0 radical (unpaired) electrons. The number of ether oxygens (including phenoxy) is 1. The molecule has 2 aliphatic rings. The Hall–Kier alpha value is -5.20. The summed E-state index contributed by atoms with van der Waals surface area (Å²) in [6.45, 7) is 0.200. The molecular weight excluding hydrogens is 527 g/mol. The van der Waals surface area contributed by atoms with Gasteiger partial charge >= 0.3 is 12.2 Å². The van der Waals surface area contributed by atoms with Gasteiger partial charge in [0.05, 0.1) is 35.5 Å². The fraction of sp³-hybridized carbons (Fsp3) is 0.148. The van der Waals surface area contributed by atoms with Gasteiger partial charge in [-0.2, -0.15) is 13.2 Å². The highest BCUT2D eigenvalue weighted by Gasteiger charge is 2.33. The quantitative estimate of drug-likeness (QED) is 0.304. The van der Waals surface area contributed by atoms with E-state index in [0.29, 0.717) is 17.6 Å². The van der Waals surface area contributed by atoms with Crippen LogP contribution in [-0.2, 0) is 15.7 Å². The predicted octanol–water partition coefficient (Wildman–Crippen LogP) is 4.70. The highest BCUT2D eigenvalue weighted by atomic mass is 19.4. The lowest BCUT2D eigenvalue weighted by Crippen LogP contribution is -2.32. The van der Waals surface area contributed by atoms with E-state index in [1.807, 2.05) is 42.5 Å². The maximum Gasteiger partial charge on any atom is 0.417 e. The maximum absolute atomic E-state index is 13.4. The number of rotatable bonds is 7. The van der Waals surface area contributed by atoms with Crippen LogP contribution in [0.1, 0.15) is 16.7 Å². The van der Waals surface area contributed by atoms with Gasteiger partial charge in [0, 0.05) is 17.3 Å². The van der Waals surface area contributed by atoms with Gasteiger partial charge in [-0.15, -0.1) is 5.10 Å². The third kappa shape index (κ3) is 5.08. The number of aliphatic imine (C=N–C) groups is 1. The number of amides is 1. The zero-order valence-electron chi connectivity index (χ0n) is 20.5. The first kappa shape index (κ1) is 25.1. The summed E-state index contributed by atoms with van der Waals surface area (Å²) in [4.78, 5) is 21.7. The van der Waals surface area contributed by atoms with Gasteiger partial charge < -0.3 is 25.1 Å². The van der Waals surface area contributed by atoms with Gasteiger partial charge in [-0.25, -0.2) is 9.98 Å². The summed E-state index contributed by atoms with van der Waals surface area (Å²) < 4.78 is 50.9. The van der Waals surface area contributed by atoms with Crippen LogP contribution in [0.4, 0.5) is 30.6 Å². The second-order valence-corrected chi connectivity index (χ2v) is 8.84. The molecule has 13 heteroatoms. The van der Waals surface area contributed by atoms with Crippen LogP contribution in [0.3, 0.4) is 0 Å². The molecule has 0 bridgehead atoms. The van der Waals surface area contributed by atoms with E-state index in [4.69, 9.17) is 9.15 Å². The predicted molar refractivity (Wildman–Crippen MR) is 140 cm³/mol. The SMILES string of the molecule is O=C1Nc2ccccc2C(c2ccccc2)=NC1Nc1nnc(-c2ncc(C(F)(F)F)cc2NCC2C=CO2)o1. The van der Waals surface area contributed by atoms with Crippen LogP contribution in [0, 0.1) is 0 Å². The van der Waals surface area contributed by atoms with Crippen molar-refractivity contribution in [1.29, 1.82) is 0 Å². The number of aromatic nitrogens is 3. The van der Waals surface area contributed by atoms with Crippen LogP contribution in [0.2, 0.25) is 0 Å². The van der Waals surface area contributed by atoms with Gasteiger partial charge in [0.1, 0.15) is 6.10 Å². The fourth-order valence-corrected chi connectivity index (χ4v) is 4.12. The number of carbonyl (C=O) groups excluding carboxylic acids is 1. The average molecular weight is 547 g/mol. The van der Waals surface area contributed by atoms with E-state index in [9.17, 15) is 18.0 Å². The van der Waals surface area contributed by atoms with Crippen molar-refractivity contribution < 1.29 is 27.1 Å². The van der Waals surface area contributed by atoms with E-state index in [0.717, 1.165) is 17.2 Å². The molecule has 2 aromatic carbocycles. The first-order valence-corrected chi connectivity index (χ1v) is 12.1. The molecule has 2 unspecified atom stereocenters. The zero-order valence-corrected chi connectivity index (χ0v) is 20.5. The number of hydrogen-bond donors (Lipinski definition) is 3. The number of para-hydroxylation sites is 1. The van der Waals surface area contributed by atoms with E-state index in [1.54, 1.807) is 18.2 Å². The summed E-state index contributed by atoms with van der Waals surface area (Å²) in [5, 5.41) is 16.4. The number of pyridine rings is 1. The lowest BCUT2D eigenvalue weighted by atomic mass is 10.0. The van der Waals surface area contributed by atoms with Gasteiger partial charge in [-0.1, -0.05) is 53.6 Å². The molecular formula is C27H20F3N7O3. The third-order valence-corrected chi connectivity index (χ3v) is 6.14. The molecule has 4 heterocycles. The molecule has 0 saturated carbocycles. The molecule has 3 N–H and O–H groups in total. The Morgan fingerprint density at radius 3 is 2.55 bits per heavy atom. The Bertz CT molecular complexity index is 1620. The number of carbonyl (C=O) groups is 1. The van der Waals surface area contributed by atoms with Crippen LogP contribution in [0.25, 0.3) is 11.6 Å². The van der Waals surface area contributed by atoms with E-state index >= 15 is 0 Å². The second kappa shape index (κ2) is 10.2. The van der Waals surface area contributed by atoms with Crippen LogP contribution in [-0.4, -0.2) is 45.6 Å². The fourth-order valence-electron chi connectivity index (χ4n) is 4.12. The standard InChI is InChI=1S/C27H20F3N7O3/c28-27(29,30)16-12-20(31-14-17-10-11-39-17)22(32-13-16)25-36-37-26(40-25)35-23-24(38)33-19-9-5-4-8-18(19)21(34-23)15-6-2-1-3-7-15/h1-13,17,23,31H,14H2,(H,33,38)(H,35,37). The maximum atomic E-state index is 13.4. The highest BCUT2D eigenvalue weighted by Crippen LogP contribution is 2.34. The molecule has 10 nitrogen and oxygen atoms in total. The minimum Gasteiger partial charge on any atom is -0.492 e. The normalized spacial score (nSPS) is 18.0. The summed E-state index contributed by atoms with van der Waals surface area (Å²) in [6.07, 6.45) is -2.13. The first-order chi connectivity index (χ1) is 19.3. The Labute approximate surface area is 225 Å². The molecule has 0 spiro atoms. The number of hydrogen-bond acceptors (Lipinski definition) is 9. The van der Waals surface area contributed by atoms with Crippen molar-refractivity contribution in [2.75, 3.05) is 22.5 Å². The summed E-state index contributed by atoms with van der Waals surface area (Å²) in [5.74, 6) is -0.630. The van der Waals surface area contributed by atoms with Crippen LogP contribution in [0.5, 0.6) is 0 Å². The number of anilines is 3. The molecule has 4 aromatic rings. The van der Waals surface area contributed by atoms with Crippen molar-refractivity contribution in [2.24, 2.45) is 4.99 Å². The Morgan fingerprint density at radius 1 is 1.02 bits per heavy atom. The van der Waals surface area contributed by atoms with Crippen molar-refractivity contribution in [3.8, 4) is 11.6 Å². The summed E-state index contributed by atoms with van der Waals surface area (Å²) in [5.41, 5.74) is 1.76. The van der Waals surface area contributed by atoms with Crippen molar-refractivity contribution in [2.45, 2.75) is 18.4 Å². The van der Waals surface area contributed by atoms with E-state index < -0.39 is 23.8 Å². The lowest BCUT2D eigenvalue weighted by molar-refractivity contribution is -0.137. The van der Waals surface area contributed by atoms with Gasteiger partial charge in [0.2, 0.25) is 6.17 Å². The topological polar surface area (TPSA) is 127 Å². The zero-order chi connectivity index (χ0) is 27.7. The van der Waals surface area contributed by atoms with Crippen molar-refractivity contribution in [3.63, 3.8) is 0 Å². The summed E-state index contributed by atoms with van der Waals surface area (Å²) >= 11 is 0. The molecule has 2 aromatic heterocycles. The molecule has 2 atom stereocenters. The van der Waals surface area contributed by atoms with Gasteiger partial charge in [-0.3, -0.25) is 4.79 Å². The first-order valence-electron chi connectivity index (χ1n) is 12.1. The molecule has 0 saturated heterocycles. The van der Waals surface area contributed by atoms with Gasteiger partial charge in [-0.05, 0) is 18.2 Å². The molecule has 1 amide bonds. The monoisotopic (exact) mass is 547 g/mol. The number of benzodiazepines with no additional fused rings is 1.